The van der Waals surface area contributed by atoms with Crippen LogP contribution in [0.4, 0.5) is 0 Å². The zero-order valence-electron chi connectivity index (χ0n) is 7.00. The zero-order valence-corrected chi connectivity index (χ0v) is 7.82. The van der Waals surface area contributed by atoms with E-state index in [1.165, 1.54) is 0 Å². The van der Waals surface area contributed by atoms with E-state index in [4.69, 9.17) is 0 Å². The lowest BCUT2D eigenvalue weighted by Crippen LogP contribution is -2.26. The Balaban J connectivity index is 2.43. The van der Waals surface area contributed by atoms with Crippen LogP contribution in [0.2, 0.25) is 0 Å². The maximum absolute atomic E-state index is 10.9. The van der Waals surface area contributed by atoms with Crippen LogP contribution in [-0.4, -0.2) is 20.2 Å². The second-order valence-electron chi connectivity index (χ2n) is 3.55. The van der Waals surface area contributed by atoms with Gasteiger partial charge < -0.3 is 0 Å². The molecular weight excluding hydrogens is 162 g/mol. The quantitative estimate of drug-likeness (QED) is 0.675. The summed E-state index contributed by atoms with van der Waals surface area (Å²) >= 11 is 0. The third kappa shape index (κ3) is 2.79. The summed E-state index contributed by atoms with van der Waals surface area (Å²) in [6.07, 6.45) is 1.74. The molecule has 1 aliphatic rings. The van der Waals surface area contributed by atoms with Crippen molar-refractivity contribution in [1.82, 2.24) is 4.72 Å². The highest BCUT2D eigenvalue weighted by molar-refractivity contribution is 7.89. The van der Waals surface area contributed by atoms with Gasteiger partial charge in [0.05, 0.1) is 5.75 Å². The molecule has 0 aromatic rings. The molecule has 1 fully saturated rings. The number of nitrogens with one attached hydrogen (secondary N) is 1. The van der Waals surface area contributed by atoms with Gasteiger partial charge in [-0.15, -0.1) is 0 Å². The highest BCUT2D eigenvalue weighted by Crippen LogP contribution is 2.15. The molecule has 0 aromatic heterocycles. The van der Waals surface area contributed by atoms with Crippen LogP contribution >= 0.6 is 0 Å². The van der Waals surface area contributed by atoms with Crippen molar-refractivity contribution in [1.29, 1.82) is 0 Å². The van der Waals surface area contributed by atoms with Crippen molar-refractivity contribution in [2.75, 3.05) is 5.75 Å². The molecule has 1 saturated heterocycles. The fourth-order valence-corrected chi connectivity index (χ4v) is 2.84. The Morgan fingerprint density at radius 2 is 2.18 bits per heavy atom. The predicted octanol–water partition coefficient (Wildman–Crippen LogP) is 0.724. The molecule has 3 nitrogen and oxygen atoms in total. The molecule has 1 unspecified atom stereocenters. The van der Waals surface area contributed by atoms with Gasteiger partial charge in [0.25, 0.3) is 0 Å². The van der Waals surface area contributed by atoms with Crippen LogP contribution in [0.3, 0.4) is 0 Å². The van der Waals surface area contributed by atoms with Gasteiger partial charge in [0.2, 0.25) is 10.0 Å². The van der Waals surface area contributed by atoms with Crippen LogP contribution < -0.4 is 4.72 Å². The summed E-state index contributed by atoms with van der Waals surface area (Å²) < 4.78 is 24.5. The normalized spacial score (nSPS) is 29.5. The van der Waals surface area contributed by atoms with Crippen molar-refractivity contribution in [3.63, 3.8) is 0 Å². The number of sulfonamides is 1. The second-order valence-corrected chi connectivity index (χ2v) is 5.43. The fraction of sp³-hybridized carbons (Fsp3) is 1.00. The molecule has 0 spiro atoms. The predicted molar refractivity (Wildman–Crippen MR) is 44.8 cm³/mol. The van der Waals surface area contributed by atoms with Crippen LogP contribution in [0, 0.1) is 5.92 Å². The Kier molecular flexibility index (Phi) is 2.54. The fourth-order valence-electron chi connectivity index (χ4n) is 1.40. The highest BCUT2D eigenvalue weighted by atomic mass is 32.2. The smallest absolute Gasteiger partial charge is 0.211 e. The van der Waals surface area contributed by atoms with Crippen molar-refractivity contribution < 1.29 is 8.42 Å². The van der Waals surface area contributed by atoms with Gasteiger partial charge in [0.1, 0.15) is 0 Å². The monoisotopic (exact) mass is 177 g/mol. The Hall–Kier alpha value is -0.0900. The lowest BCUT2D eigenvalue weighted by atomic mass is 10.0. The summed E-state index contributed by atoms with van der Waals surface area (Å²) in [7, 11) is -2.89. The van der Waals surface area contributed by atoms with Crippen molar-refractivity contribution in [2.24, 2.45) is 5.92 Å². The van der Waals surface area contributed by atoms with Crippen LogP contribution in [0.15, 0.2) is 0 Å². The molecule has 0 bridgehead atoms. The van der Waals surface area contributed by atoms with E-state index in [2.05, 4.69) is 18.6 Å². The first-order valence-electron chi connectivity index (χ1n) is 3.99. The van der Waals surface area contributed by atoms with Crippen molar-refractivity contribution >= 4 is 10.0 Å². The van der Waals surface area contributed by atoms with Crippen LogP contribution in [0.1, 0.15) is 26.7 Å². The van der Waals surface area contributed by atoms with E-state index >= 15 is 0 Å². The van der Waals surface area contributed by atoms with Gasteiger partial charge in [-0.25, -0.2) is 13.1 Å². The Labute approximate surface area is 68.2 Å². The van der Waals surface area contributed by atoms with Gasteiger partial charge in [-0.2, -0.15) is 0 Å². The van der Waals surface area contributed by atoms with Gasteiger partial charge in [-0.1, -0.05) is 13.8 Å². The first kappa shape index (κ1) is 9.00. The van der Waals surface area contributed by atoms with Gasteiger partial charge in [0, 0.05) is 6.04 Å². The van der Waals surface area contributed by atoms with Gasteiger partial charge in [-0.05, 0) is 18.8 Å². The van der Waals surface area contributed by atoms with E-state index in [0.717, 1.165) is 12.8 Å². The molecule has 1 atom stereocenters. The first-order chi connectivity index (χ1) is 4.99. The van der Waals surface area contributed by atoms with Crippen molar-refractivity contribution in [3.8, 4) is 0 Å². The second kappa shape index (κ2) is 3.11. The third-order valence-electron chi connectivity index (χ3n) is 1.84. The average molecular weight is 177 g/mol. The van der Waals surface area contributed by atoms with E-state index in [0.29, 0.717) is 11.7 Å². The van der Waals surface area contributed by atoms with Gasteiger partial charge in [-0.3, -0.25) is 0 Å². The molecule has 0 aromatic carbocycles. The van der Waals surface area contributed by atoms with E-state index in [1.54, 1.807) is 0 Å². The molecule has 11 heavy (non-hydrogen) atoms. The Morgan fingerprint density at radius 3 is 2.55 bits per heavy atom. The zero-order chi connectivity index (χ0) is 8.48. The van der Waals surface area contributed by atoms with E-state index < -0.39 is 10.0 Å². The molecule has 1 heterocycles. The highest BCUT2D eigenvalue weighted by Gasteiger charge is 2.26. The molecule has 1 aliphatic heterocycles. The molecular formula is C7H15NO2S. The largest absolute Gasteiger partial charge is 0.212 e. The SMILES string of the molecule is CC(C)CC1CCS(=O)(=O)N1. The summed E-state index contributed by atoms with van der Waals surface area (Å²) in [5, 5.41) is 0. The van der Waals surface area contributed by atoms with Crippen LogP contribution in [0.5, 0.6) is 0 Å². The number of hydrogen-bond donors (Lipinski definition) is 1. The molecule has 0 saturated carbocycles. The maximum atomic E-state index is 10.9. The lowest BCUT2D eigenvalue weighted by molar-refractivity contribution is 0.476. The van der Waals surface area contributed by atoms with Gasteiger partial charge in [0.15, 0.2) is 0 Å². The topological polar surface area (TPSA) is 46.2 Å². The minimum Gasteiger partial charge on any atom is -0.212 e. The lowest BCUT2D eigenvalue weighted by Gasteiger charge is -2.10. The molecule has 0 aliphatic carbocycles. The van der Waals surface area contributed by atoms with Gasteiger partial charge >= 0.3 is 0 Å². The molecule has 4 heteroatoms. The van der Waals surface area contributed by atoms with Crippen molar-refractivity contribution in [2.45, 2.75) is 32.7 Å². The number of hydrogen-bond acceptors (Lipinski definition) is 2. The first-order valence-corrected chi connectivity index (χ1v) is 5.65. The van der Waals surface area contributed by atoms with E-state index in [-0.39, 0.29) is 6.04 Å². The minimum atomic E-state index is -2.89. The van der Waals surface area contributed by atoms with E-state index in [1.807, 2.05) is 0 Å². The minimum absolute atomic E-state index is 0.194. The maximum Gasteiger partial charge on any atom is 0.211 e. The Morgan fingerprint density at radius 1 is 1.55 bits per heavy atom. The summed E-state index contributed by atoms with van der Waals surface area (Å²) in [6.45, 7) is 4.21. The molecule has 0 amide bonds. The van der Waals surface area contributed by atoms with Crippen molar-refractivity contribution in [3.05, 3.63) is 0 Å². The summed E-state index contributed by atoms with van der Waals surface area (Å²) in [5.74, 6) is 0.880. The number of rotatable bonds is 2. The summed E-state index contributed by atoms with van der Waals surface area (Å²) in [6, 6.07) is 0.194. The summed E-state index contributed by atoms with van der Waals surface area (Å²) in [4.78, 5) is 0. The standard InChI is InChI=1S/C7H15NO2S/c1-6(2)5-7-3-4-11(9,10)8-7/h6-8H,3-5H2,1-2H3. The van der Waals surface area contributed by atoms with E-state index in [9.17, 15) is 8.42 Å². The summed E-state index contributed by atoms with van der Waals surface area (Å²) in [5.41, 5.74) is 0. The Bertz CT molecular complexity index is 221. The third-order valence-corrected chi connectivity index (χ3v) is 3.30. The molecule has 1 N–H and O–H groups in total. The molecule has 0 radical (unpaired) electrons. The molecule has 66 valence electrons. The molecule has 1 rings (SSSR count). The van der Waals surface area contributed by atoms with Crippen LogP contribution in [-0.2, 0) is 10.0 Å². The average Bonchev–Trinajstić information content (AvgIpc) is 2.08. The van der Waals surface area contributed by atoms with Crippen LogP contribution in [0.25, 0.3) is 0 Å².